The lowest BCUT2D eigenvalue weighted by Crippen LogP contribution is -2.25. The number of hydrogen-bond donors (Lipinski definition) is 2. The number of benzene rings is 2. The van der Waals surface area contributed by atoms with Crippen molar-refractivity contribution < 1.29 is 33.1 Å². The van der Waals surface area contributed by atoms with Gasteiger partial charge in [0, 0.05) is 17.5 Å². The number of rotatable bonds is 11. The number of aliphatic carboxylic acids is 1. The van der Waals surface area contributed by atoms with Gasteiger partial charge in [-0.2, -0.15) is 0 Å². The zero-order chi connectivity index (χ0) is 23.0. The standard InChI is InChI=1S/C22H27NO7S/c1-14(22(24)25)23-18-10-15(6-7-19(18)28-3)13-31(26)9-8-17-20(29-4)11-16(27-2)12-21(17)30-5/h6-12,14,23H,13H2,1-5H3,(H,24,25)/b9-8+. The minimum Gasteiger partial charge on any atom is -0.496 e. The van der Waals surface area contributed by atoms with Crippen molar-refractivity contribution >= 4 is 28.5 Å². The molecule has 0 amide bonds. The number of hydrogen-bond acceptors (Lipinski definition) is 7. The van der Waals surface area contributed by atoms with E-state index < -0.39 is 22.8 Å². The van der Waals surface area contributed by atoms with E-state index in [4.69, 9.17) is 24.1 Å². The van der Waals surface area contributed by atoms with Crippen LogP contribution in [0.2, 0.25) is 0 Å². The van der Waals surface area contributed by atoms with Crippen molar-refractivity contribution in [2.75, 3.05) is 33.8 Å². The van der Waals surface area contributed by atoms with Crippen LogP contribution in [-0.4, -0.2) is 49.8 Å². The molecule has 31 heavy (non-hydrogen) atoms. The van der Waals surface area contributed by atoms with Crippen LogP contribution >= 0.6 is 0 Å². The smallest absolute Gasteiger partial charge is 0.325 e. The summed E-state index contributed by atoms with van der Waals surface area (Å²) in [6.07, 6.45) is 1.68. The van der Waals surface area contributed by atoms with Gasteiger partial charge in [0.15, 0.2) is 0 Å². The number of carbonyl (C=O) groups is 1. The molecule has 0 heterocycles. The van der Waals surface area contributed by atoms with Gasteiger partial charge < -0.3 is 29.4 Å². The highest BCUT2D eigenvalue weighted by Gasteiger charge is 2.15. The summed E-state index contributed by atoms with van der Waals surface area (Å²) in [7, 11) is 4.77. The molecule has 0 fully saturated rings. The van der Waals surface area contributed by atoms with Crippen LogP contribution < -0.4 is 24.3 Å². The summed E-state index contributed by atoms with van der Waals surface area (Å²) in [6.45, 7) is 1.53. The Bertz CT molecular complexity index is 949. The van der Waals surface area contributed by atoms with Crippen LogP contribution in [0.25, 0.3) is 6.08 Å². The van der Waals surface area contributed by atoms with Crippen LogP contribution in [0, 0.1) is 0 Å². The predicted molar refractivity (Wildman–Crippen MR) is 121 cm³/mol. The van der Waals surface area contributed by atoms with Gasteiger partial charge in [-0.1, -0.05) is 6.07 Å². The summed E-state index contributed by atoms with van der Waals surface area (Å²) >= 11 is 0. The molecular weight excluding hydrogens is 422 g/mol. The van der Waals surface area contributed by atoms with Gasteiger partial charge in [-0.05, 0) is 30.7 Å². The van der Waals surface area contributed by atoms with E-state index in [9.17, 15) is 9.00 Å². The minimum atomic E-state index is -1.35. The monoisotopic (exact) mass is 449 g/mol. The third-order valence-corrected chi connectivity index (χ3v) is 5.51. The van der Waals surface area contributed by atoms with Gasteiger partial charge in [0.25, 0.3) is 0 Å². The Balaban J connectivity index is 2.23. The molecule has 2 aromatic rings. The van der Waals surface area contributed by atoms with Crippen molar-refractivity contribution in [3.05, 3.63) is 46.9 Å². The first-order valence-electron chi connectivity index (χ1n) is 9.34. The lowest BCUT2D eigenvalue weighted by molar-refractivity contribution is -0.137. The molecule has 0 aliphatic rings. The van der Waals surface area contributed by atoms with E-state index in [1.807, 2.05) is 0 Å². The Morgan fingerprint density at radius 3 is 2.16 bits per heavy atom. The van der Waals surface area contributed by atoms with Gasteiger partial charge >= 0.3 is 5.97 Å². The summed E-state index contributed by atoms with van der Waals surface area (Å²) in [5.41, 5.74) is 1.93. The topological polar surface area (TPSA) is 103 Å². The van der Waals surface area contributed by atoms with Crippen molar-refractivity contribution in [2.45, 2.75) is 18.7 Å². The van der Waals surface area contributed by atoms with Crippen molar-refractivity contribution in [3.63, 3.8) is 0 Å². The zero-order valence-electron chi connectivity index (χ0n) is 18.1. The van der Waals surface area contributed by atoms with Crippen molar-refractivity contribution in [3.8, 4) is 23.0 Å². The summed E-state index contributed by atoms with van der Waals surface area (Å²) in [5, 5.41) is 13.6. The molecule has 0 saturated carbocycles. The second-order valence-corrected chi connectivity index (χ2v) is 7.83. The Hall–Kier alpha value is -3.20. The molecule has 2 aromatic carbocycles. The van der Waals surface area contributed by atoms with Gasteiger partial charge in [0.1, 0.15) is 29.0 Å². The largest absolute Gasteiger partial charge is 0.496 e. The van der Waals surface area contributed by atoms with Crippen molar-refractivity contribution in [1.82, 2.24) is 0 Å². The lowest BCUT2D eigenvalue weighted by atomic mass is 10.1. The number of carboxylic acids is 1. The quantitative estimate of drug-likeness (QED) is 0.537. The minimum absolute atomic E-state index is 0.234. The lowest BCUT2D eigenvalue weighted by Gasteiger charge is -2.15. The molecule has 168 valence electrons. The Labute approximate surface area is 184 Å². The van der Waals surface area contributed by atoms with Gasteiger partial charge in [0.2, 0.25) is 0 Å². The van der Waals surface area contributed by atoms with Crippen LogP contribution in [0.3, 0.4) is 0 Å². The first-order valence-corrected chi connectivity index (χ1v) is 10.7. The number of anilines is 1. The number of nitrogens with one attached hydrogen (secondary N) is 1. The van der Waals surface area contributed by atoms with Crippen LogP contribution in [0.5, 0.6) is 23.0 Å². The second kappa shape index (κ2) is 11.3. The molecule has 2 rings (SSSR count). The maximum atomic E-state index is 12.7. The van der Waals surface area contributed by atoms with E-state index in [0.717, 1.165) is 5.56 Å². The summed E-state index contributed by atoms with van der Waals surface area (Å²) in [5.74, 6) is 1.40. The molecule has 0 aliphatic carbocycles. The Kier molecular flexibility index (Phi) is 8.75. The van der Waals surface area contributed by atoms with Crippen LogP contribution in [-0.2, 0) is 21.3 Å². The van der Waals surface area contributed by atoms with E-state index in [1.165, 1.54) is 28.3 Å². The van der Waals surface area contributed by atoms with Gasteiger partial charge in [-0.3, -0.25) is 9.00 Å². The molecule has 2 N–H and O–H groups in total. The highest BCUT2D eigenvalue weighted by atomic mass is 32.2. The molecular formula is C22H27NO7S. The van der Waals surface area contributed by atoms with Crippen LogP contribution in [0.15, 0.2) is 35.7 Å². The summed E-state index contributed by atoms with van der Waals surface area (Å²) in [4.78, 5) is 11.1. The average molecular weight is 450 g/mol. The maximum Gasteiger partial charge on any atom is 0.325 e. The van der Waals surface area contributed by atoms with Crippen molar-refractivity contribution in [1.29, 1.82) is 0 Å². The first kappa shape index (κ1) is 24.1. The Morgan fingerprint density at radius 1 is 1.03 bits per heavy atom. The molecule has 0 spiro atoms. The first-order chi connectivity index (χ1) is 14.8. The van der Waals surface area contributed by atoms with E-state index >= 15 is 0 Å². The third-order valence-electron chi connectivity index (χ3n) is 4.45. The van der Waals surface area contributed by atoms with E-state index in [0.29, 0.717) is 34.2 Å². The second-order valence-electron chi connectivity index (χ2n) is 6.51. The van der Waals surface area contributed by atoms with Gasteiger partial charge in [0.05, 0.1) is 56.2 Å². The number of carboxylic acid groups (broad SMARTS) is 1. The SMILES string of the molecule is COc1cc(OC)c(/C=C/S(=O)Cc2ccc(OC)c(NC(C)C(=O)O)c2)c(OC)c1. The molecule has 8 nitrogen and oxygen atoms in total. The molecule has 9 heteroatoms. The number of methoxy groups -OCH3 is 4. The Morgan fingerprint density at radius 2 is 1.65 bits per heavy atom. The van der Waals surface area contributed by atoms with Gasteiger partial charge in [-0.25, -0.2) is 0 Å². The molecule has 0 aromatic heterocycles. The molecule has 0 aliphatic heterocycles. The van der Waals surface area contributed by atoms with Crippen molar-refractivity contribution in [2.24, 2.45) is 0 Å². The molecule has 2 atom stereocenters. The predicted octanol–water partition coefficient (Wildman–Crippen LogP) is 3.53. The highest BCUT2D eigenvalue weighted by Crippen LogP contribution is 2.35. The van der Waals surface area contributed by atoms with Gasteiger partial charge in [-0.15, -0.1) is 0 Å². The fourth-order valence-electron chi connectivity index (χ4n) is 2.81. The molecule has 0 bridgehead atoms. The van der Waals surface area contributed by atoms with Crippen LogP contribution in [0.1, 0.15) is 18.1 Å². The average Bonchev–Trinajstić information content (AvgIpc) is 2.77. The van der Waals surface area contributed by atoms with E-state index in [-0.39, 0.29) is 5.75 Å². The molecule has 0 saturated heterocycles. The van der Waals surface area contributed by atoms with Crippen LogP contribution in [0.4, 0.5) is 5.69 Å². The summed E-state index contributed by atoms with van der Waals surface area (Å²) < 4.78 is 34.0. The molecule has 0 radical (unpaired) electrons. The summed E-state index contributed by atoms with van der Waals surface area (Å²) in [6, 6.07) is 7.87. The fraction of sp³-hybridized carbons (Fsp3) is 0.318. The number of ether oxygens (including phenoxy) is 4. The third kappa shape index (κ3) is 6.39. The zero-order valence-corrected chi connectivity index (χ0v) is 18.9. The fourth-order valence-corrected chi connectivity index (χ4v) is 3.70. The van der Waals surface area contributed by atoms with E-state index in [2.05, 4.69) is 5.32 Å². The maximum absolute atomic E-state index is 12.7. The molecule has 2 unspecified atom stereocenters. The highest BCUT2D eigenvalue weighted by molar-refractivity contribution is 7.87. The normalized spacial score (nSPS) is 12.8. The van der Waals surface area contributed by atoms with E-state index in [1.54, 1.807) is 48.9 Å².